The summed E-state index contributed by atoms with van der Waals surface area (Å²) in [5.74, 6) is -0.613. The SMILES string of the molecule is CCn1nccc1/C=c1\sc2n(c1=O)[C@H]1c3ccccc3O[C@](C)(N=2)[C@H]1C(=O)OC. The average Bonchev–Trinajstić information content (AvgIpc) is 3.30. The lowest BCUT2D eigenvalue weighted by Crippen LogP contribution is -2.58. The van der Waals surface area contributed by atoms with Crippen LogP contribution >= 0.6 is 11.3 Å². The van der Waals surface area contributed by atoms with Crippen LogP contribution in [0.2, 0.25) is 0 Å². The summed E-state index contributed by atoms with van der Waals surface area (Å²) in [6.07, 6.45) is 3.52. The molecule has 0 amide bonds. The molecular formula is C21H20N4O4S. The van der Waals surface area contributed by atoms with Crippen molar-refractivity contribution in [1.82, 2.24) is 14.3 Å². The Morgan fingerprint density at radius 2 is 2.17 bits per heavy atom. The van der Waals surface area contributed by atoms with Gasteiger partial charge in [0, 0.05) is 18.3 Å². The molecule has 0 saturated heterocycles. The molecule has 8 nitrogen and oxygen atoms in total. The van der Waals surface area contributed by atoms with E-state index in [2.05, 4.69) is 5.10 Å². The molecule has 30 heavy (non-hydrogen) atoms. The molecule has 3 atom stereocenters. The lowest BCUT2D eigenvalue weighted by atomic mass is 9.81. The number of nitrogens with zero attached hydrogens (tertiary/aromatic N) is 4. The third-order valence-corrected chi connectivity index (χ3v) is 6.65. The van der Waals surface area contributed by atoms with Crippen LogP contribution in [0.5, 0.6) is 5.75 Å². The van der Waals surface area contributed by atoms with Crippen molar-refractivity contribution in [3.63, 3.8) is 0 Å². The van der Waals surface area contributed by atoms with Gasteiger partial charge < -0.3 is 9.47 Å². The number of methoxy groups -OCH3 is 1. The molecule has 0 aliphatic carbocycles. The topological polar surface area (TPSA) is 87.7 Å². The number of para-hydroxylation sites is 1. The molecule has 2 aliphatic heterocycles. The molecular weight excluding hydrogens is 404 g/mol. The number of aromatic nitrogens is 3. The zero-order chi connectivity index (χ0) is 21.0. The maximum atomic E-state index is 13.5. The number of ether oxygens (including phenoxy) is 2. The van der Waals surface area contributed by atoms with Gasteiger partial charge in [0.15, 0.2) is 4.80 Å². The van der Waals surface area contributed by atoms with Crippen LogP contribution in [0.4, 0.5) is 0 Å². The molecule has 0 radical (unpaired) electrons. The molecule has 154 valence electrons. The van der Waals surface area contributed by atoms with Gasteiger partial charge in [0.2, 0.25) is 5.72 Å². The van der Waals surface area contributed by atoms with Crippen LogP contribution in [0.3, 0.4) is 0 Å². The quantitative estimate of drug-likeness (QED) is 0.587. The van der Waals surface area contributed by atoms with Gasteiger partial charge in [-0.25, -0.2) is 4.99 Å². The second-order valence-electron chi connectivity index (χ2n) is 7.39. The highest BCUT2D eigenvalue weighted by atomic mass is 32.1. The van der Waals surface area contributed by atoms with Gasteiger partial charge in [0.05, 0.1) is 23.4 Å². The zero-order valence-corrected chi connectivity index (χ0v) is 17.5. The van der Waals surface area contributed by atoms with Crippen molar-refractivity contribution in [3.8, 4) is 5.75 Å². The third kappa shape index (κ3) is 2.58. The molecule has 2 bridgehead atoms. The van der Waals surface area contributed by atoms with Crippen LogP contribution in [0.15, 0.2) is 46.3 Å². The predicted molar refractivity (Wildman–Crippen MR) is 110 cm³/mol. The molecule has 0 saturated carbocycles. The highest BCUT2D eigenvalue weighted by Crippen LogP contribution is 2.47. The van der Waals surface area contributed by atoms with E-state index >= 15 is 0 Å². The van der Waals surface area contributed by atoms with Crippen LogP contribution < -0.4 is 19.6 Å². The van der Waals surface area contributed by atoms with Gasteiger partial charge in [-0.3, -0.25) is 18.8 Å². The van der Waals surface area contributed by atoms with Gasteiger partial charge in [0.1, 0.15) is 11.7 Å². The Hall–Kier alpha value is -3.20. The average molecular weight is 424 g/mol. The van der Waals surface area contributed by atoms with E-state index in [1.54, 1.807) is 17.7 Å². The first-order valence-corrected chi connectivity index (χ1v) is 10.5. The fourth-order valence-electron chi connectivity index (χ4n) is 4.30. The van der Waals surface area contributed by atoms with Crippen molar-refractivity contribution in [3.05, 3.63) is 67.5 Å². The lowest BCUT2D eigenvalue weighted by molar-refractivity contribution is -0.158. The second kappa shape index (κ2) is 6.66. The zero-order valence-electron chi connectivity index (χ0n) is 16.7. The molecule has 0 fully saturated rings. The monoisotopic (exact) mass is 424 g/mol. The molecule has 4 heterocycles. The summed E-state index contributed by atoms with van der Waals surface area (Å²) in [4.78, 5) is 31.5. The van der Waals surface area contributed by atoms with E-state index in [-0.39, 0.29) is 5.56 Å². The van der Waals surface area contributed by atoms with Gasteiger partial charge in [-0.15, -0.1) is 0 Å². The van der Waals surface area contributed by atoms with Crippen LogP contribution in [0.1, 0.15) is 31.1 Å². The van der Waals surface area contributed by atoms with Crippen LogP contribution in [-0.4, -0.2) is 33.2 Å². The lowest BCUT2D eigenvalue weighted by Gasteiger charge is -2.44. The Bertz CT molecular complexity index is 1340. The highest BCUT2D eigenvalue weighted by Gasteiger charge is 2.55. The molecule has 0 spiro atoms. The smallest absolute Gasteiger partial charge is 0.317 e. The Labute approximate surface area is 175 Å². The van der Waals surface area contributed by atoms with Crippen molar-refractivity contribution in [2.45, 2.75) is 32.2 Å². The molecule has 9 heteroatoms. The summed E-state index contributed by atoms with van der Waals surface area (Å²) in [6.45, 7) is 4.45. The van der Waals surface area contributed by atoms with E-state index in [1.807, 2.05) is 48.0 Å². The van der Waals surface area contributed by atoms with Crippen molar-refractivity contribution in [2.24, 2.45) is 10.9 Å². The first-order chi connectivity index (χ1) is 14.5. The second-order valence-corrected chi connectivity index (χ2v) is 8.40. The van der Waals surface area contributed by atoms with E-state index in [4.69, 9.17) is 14.5 Å². The Balaban J connectivity index is 1.80. The number of esters is 1. The third-order valence-electron chi connectivity index (χ3n) is 5.66. The summed E-state index contributed by atoms with van der Waals surface area (Å²) < 4.78 is 15.2. The minimum Gasteiger partial charge on any atom is -0.469 e. The van der Waals surface area contributed by atoms with Crippen molar-refractivity contribution in [1.29, 1.82) is 0 Å². The van der Waals surface area contributed by atoms with Gasteiger partial charge in [-0.05, 0) is 32.1 Å². The van der Waals surface area contributed by atoms with Crippen molar-refractivity contribution >= 4 is 23.4 Å². The summed E-state index contributed by atoms with van der Waals surface area (Å²) >= 11 is 1.29. The van der Waals surface area contributed by atoms with E-state index in [1.165, 1.54) is 18.4 Å². The number of carbonyl (C=O) groups excluding carboxylic acids is 1. The summed E-state index contributed by atoms with van der Waals surface area (Å²) in [5.41, 5.74) is 0.252. The molecule has 2 aliphatic rings. The maximum absolute atomic E-state index is 13.5. The summed E-state index contributed by atoms with van der Waals surface area (Å²) in [5, 5.41) is 4.26. The number of aryl methyl sites for hydroxylation is 1. The standard InChI is InChI=1S/C21H20N4O4S/c1-4-24-12(9-10-22-24)11-15-18(26)25-17-13-7-5-6-8-14(13)29-21(2,23-20(25)30-15)16(17)19(27)28-3/h5-11,16-17H,4H2,1-3H3/b15-11-/t16-,17+,21+/m1/s1. The van der Waals surface area contributed by atoms with Crippen LogP contribution in [0, 0.1) is 5.92 Å². The normalized spacial score (nSPS) is 24.4. The van der Waals surface area contributed by atoms with E-state index in [9.17, 15) is 9.59 Å². The molecule has 3 aromatic rings. The molecule has 1 aromatic carbocycles. The minimum absolute atomic E-state index is 0.194. The van der Waals surface area contributed by atoms with Gasteiger partial charge in [-0.2, -0.15) is 5.10 Å². The first-order valence-electron chi connectivity index (χ1n) is 9.67. The fourth-order valence-corrected chi connectivity index (χ4v) is 5.38. The van der Waals surface area contributed by atoms with Crippen LogP contribution in [-0.2, 0) is 16.1 Å². The number of thiazole rings is 1. The predicted octanol–water partition coefficient (Wildman–Crippen LogP) is 1.08. The number of fused-ring (bicyclic) bond motifs is 6. The molecule has 5 rings (SSSR count). The Morgan fingerprint density at radius 3 is 2.93 bits per heavy atom. The van der Waals surface area contributed by atoms with Crippen molar-refractivity contribution < 1.29 is 14.3 Å². The molecule has 2 aromatic heterocycles. The largest absolute Gasteiger partial charge is 0.469 e. The van der Waals surface area contributed by atoms with Gasteiger partial charge in [-0.1, -0.05) is 29.5 Å². The number of hydrogen-bond acceptors (Lipinski definition) is 7. The molecule has 0 N–H and O–H groups in total. The number of rotatable bonds is 3. The van der Waals surface area contributed by atoms with Crippen LogP contribution in [0.25, 0.3) is 6.08 Å². The highest BCUT2D eigenvalue weighted by molar-refractivity contribution is 7.07. The van der Waals surface area contributed by atoms with Gasteiger partial charge >= 0.3 is 5.97 Å². The molecule has 0 unspecified atom stereocenters. The Morgan fingerprint density at radius 1 is 1.37 bits per heavy atom. The first kappa shape index (κ1) is 18.8. The Kier molecular flexibility index (Phi) is 4.18. The van der Waals surface area contributed by atoms with E-state index < -0.39 is 23.7 Å². The fraction of sp³-hybridized carbons (Fsp3) is 0.333. The number of benzene rings is 1. The maximum Gasteiger partial charge on any atom is 0.317 e. The number of hydrogen-bond donors (Lipinski definition) is 0. The van der Waals surface area contributed by atoms with Gasteiger partial charge in [0.25, 0.3) is 5.56 Å². The summed E-state index contributed by atoms with van der Waals surface area (Å²) in [6, 6.07) is 8.75. The summed E-state index contributed by atoms with van der Waals surface area (Å²) in [7, 11) is 1.34. The minimum atomic E-state index is -1.16. The van der Waals surface area contributed by atoms with E-state index in [0.717, 1.165) is 11.3 Å². The van der Waals surface area contributed by atoms with Crippen molar-refractivity contribution in [2.75, 3.05) is 7.11 Å². The number of carbonyl (C=O) groups is 1. The van der Waals surface area contributed by atoms with E-state index in [0.29, 0.717) is 21.6 Å².